The van der Waals surface area contributed by atoms with Gasteiger partial charge in [-0.25, -0.2) is 0 Å². The lowest BCUT2D eigenvalue weighted by Crippen LogP contribution is -2.39. The van der Waals surface area contributed by atoms with Gasteiger partial charge in [-0.1, -0.05) is 30.3 Å². The molecule has 1 rings (SSSR count). The molecule has 3 nitrogen and oxygen atoms in total. The Balaban J connectivity index is 2.79. The van der Waals surface area contributed by atoms with Gasteiger partial charge < -0.3 is 10.4 Å². The van der Waals surface area contributed by atoms with Crippen molar-refractivity contribution in [3.05, 3.63) is 35.9 Å². The number of benzene rings is 1. The Labute approximate surface area is 109 Å². The Bertz CT molecular complexity index is 404. The van der Waals surface area contributed by atoms with Crippen molar-refractivity contribution in [2.24, 2.45) is 0 Å². The van der Waals surface area contributed by atoms with Crippen LogP contribution in [0.4, 0.5) is 13.2 Å². The molecule has 19 heavy (non-hydrogen) atoms. The number of aliphatic hydroxyl groups is 1. The summed E-state index contributed by atoms with van der Waals surface area (Å²) in [5.74, 6) is -1.97. The van der Waals surface area contributed by atoms with Gasteiger partial charge in [-0.05, 0) is 25.3 Å². The van der Waals surface area contributed by atoms with Gasteiger partial charge in [0.25, 0.3) is 0 Å². The molecule has 106 valence electrons. The number of amides is 1. The molecular weight excluding hydrogens is 259 g/mol. The van der Waals surface area contributed by atoms with Crippen LogP contribution in [0.25, 0.3) is 0 Å². The first-order chi connectivity index (χ1) is 8.80. The van der Waals surface area contributed by atoms with Gasteiger partial charge in [-0.2, -0.15) is 13.2 Å². The maximum atomic E-state index is 12.3. The van der Waals surface area contributed by atoms with Crippen molar-refractivity contribution in [3.8, 4) is 0 Å². The molecule has 1 aromatic rings. The highest BCUT2D eigenvalue weighted by Crippen LogP contribution is 2.22. The van der Waals surface area contributed by atoms with E-state index < -0.39 is 24.2 Å². The number of alkyl halides is 3. The summed E-state index contributed by atoms with van der Waals surface area (Å²) in [5.41, 5.74) is 0.584. The average Bonchev–Trinajstić information content (AvgIpc) is 2.33. The first kappa shape index (κ1) is 15.5. The van der Waals surface area contributed by atoms with Crippen molar-refractivity contribution in [1.29, 1.82) is 0 Å². The monoisotopic (exact) mass is 275 g/mol. The second-order valence-corrected chi connectivity index (χ2v) is 4.36. The zero-order chi connectivity index (χ0) is 14.5. The van der Waals surface area contributed by atoms with E-state index in [1.165, 1.54) is 0 Å². The van der Waals surface area contributed by atoms with E-state index in [9.17, 15) is 23.1 Å². The maximum Gasteiger partial charge on any atom is 0.471 e. The van der Waals surface area contributed by atoms with Crippen LogP contribution >= 0.6 is 0 Å². The summed E-state index contributed by atoms with van der Waals surface area (Å²) in [6.07, 6.45) is -4.99. The number of carbonyl (C=O) groups excluding carboxylic acids is 1. The fourth-order valence-electron chi connectivity index (χ4n) is 1.66. The zero-order valence-electron chi connectivity index (χ0n) is 10.4. The number of rotatable bonds is 5. The van der Waals surface area contributed by atoms with Crippen LogP contribution < -0.4 is 5.32 Å². The third kappa shape index (κ3) is 5.30. The van der Waals surface area contributed by atoms with Crippen LogP contribution in [0.15, 0.2) is 30.3 Å². The summed E-state index contributed by atoms with van der Waals surface area (Å²) in [4.78, 5) is 11.0. The number of halogens is 3. The first-order valence-corrected chi connectivity index (χ1v) is 5.91. The van der Waals surface area contributed by atoms with E-state index in [4.69, 9.17) is 0 Å². The van der Waals surface area contributed by atoms with Crippen LogP contribution in [0.5, 0.6) is 0 Å². The molecule has 0 saturated carbocycles. The molecule has 0 saturated heterocycles. The lowest BCUT2D eigenvalue weighted by Gasteiger charge is -2.20. The molecule has 0 fully saturated rings. The molecule has 0 spiro atoms. The zero-order valence-corrected chi connectivity index (χ0v) is 10.4. The van der Waals surface area contributed by atoms with Crippen LogP contribution in [-0.4, -0.2) is 23.3 Å². The summed E-state index contributed by atoms with van der Waals surface area (Å²) in [6.45, 7) is 1.55. The second kappa shape index (κ2) is 6.56. The molecule has 0 heterocycles. The number of carbonyl (C=O) groups is 1. The molecule has 1 aromatic carbocycles. The van der Waals surface area contributed by atoms with Gasteiger partial charge >= 0.3 is 12.1 Å². The highest BCUT2D eigenvalue weighted by atomic mass is 19.4. The standard InChI is InChI=1S/C13H16F3NO2/c1-9(18)7-8-11(10-5-3-2-4-6-10)17-12(19)13(14,15)16/h2-6,9,11,18H,7-8H2,1H3,(H,17,19)/t9-,11-/m0/s1. The SMILES string of the molecule is C[C@H](O)CC[C@H](NC(=O)C(F)(F)F)c1ccccc1. The molecule has 0 unspecified atom stereocenters. The van der Waals surface area contributed by atoms with Gasteiger partial charge in [0.1, 0.15) is 0 Å². The van der Waals surface area contributed by atoms with Gasteiger partial charge in [-0.15, -0.1) is 0 Å². The molecule has 0 radical (unpaired) electrons. The van der Waals surface area contributed by atoms with Gasteiger partial charge in [0.2, 0.25) is 0 Å². The summed E-state index contributed by atoms with van der Waals surface area (Å²) >= 11 is 0. The Hall–Kier alpha value is -1.56. The number of aliphatic hydroxyl groups excluding tert-OH is 1. The van der Waals surface area contributed by atoms with Crippen LogP contribution in [-0.2, 0) is 4.79 Å². The van der Waals surface area contributed by atoms with Gasteiger partial charge in [0.15, 0.2) is 0 Å². The number of hydrogen-bond acceptors (Lipinski definition) is 2. The molecule has 2 N–H and O–H groups in total. The Morgan fingerprint density at radius 2 is 1.84 bits per heavy atom. The Kier molecular flexibility index (Phi) is 5.35. The van der Waals surface area contributed by atoms with E-state index >= 15 is 0 Å². The molecular formula is C13H16F3NO2. The Morgan fingerprint density at radius 3 is 2.32 bits per heavy atom. The molecule has 0 aliphatic heterocycles. The van der Waals surface area contributed by atoms with Crippen molar-refractivity contribution in [2.45, 2.75) is 38.1 Å². The molecule has 2 atom stereocenters. The van der Waals surface area contributed by atoms with Crippen LogP contribution in [0.1, 0.15) is 31.4 Å². The largest absolute Gasteiger partial charge is 0.471 e. The maximum absolute atomic E-state index is 12.3. The summed E-state index contributed by atoms with van der Waals surface area (Å²) in [5, 5.41) is 11.2. The second-order valence-electron chi connectivity index (χ2n) is 4.36. The van der Waals surface area contributed by atoms with Crippen molar-refractivity contribution in [1.82, 2.24) is 5.32 Å². The van der Waals surface area contributed by atoms with Crippen molar-refractivity contribution < 1.29 is 23.1 Å². The van der Waals surface area contributed by atoms with Crippen molar-refractivity contribution >= 4 is 5.91 Å². The van der Waals surface area contributed by atoms with Gasteiger partial charge in [-0.3, -0.25) is 4.79 Å². The highest BCUT2D eigenvalue weighted by Gasteiger charge is 2.39. The molecule has 0 aliphatic rings. The molecule has 0 aliphatic carbocycles. The van der Waals surface area contributed by atoms with E-state index in [-0.39, 0.29) is 6.42 Å². The van der Waals surface area contributed by atoms with Crippen molar-refractivity contribution in [3.63, 3.8) is 0 Å². The lowest BCUT2D eigenvalue weighted by molar-refractivity contribution is -0.174. The fraction of sp³-hybridized carbons (Fsp3) is 0.462. The number of hydrogen-bond donors (Lipinski definition) is 2. The minimum Gasteiger partial charge on any atom is -0.393 e. The normalized spacial score (nSPS) is 14.8. The third-order valence-corrected chi connectivity index (χ3v) is 2.64. The van der Waals surface area contributed by atoms with E-state index in [1.807, 2.05) is 5.32 Å². The Morgan fingerprint density at radius 1 is 1.26 bits per heavy atom. The molecule has 0 aromatic heterocycles. The minimum absolute atomic E-state index is 0.240. The van der Waals surface area contributed by atoms with Crippen LogP contribution in [0.2, 0.25) is 0 Å². The fourth-order valence-corrected chi connectivity index (χ4v) is 1.66. The summed E-state index contributed by atoms with van der Waals surface area (Å²) in [6, 6.07) is 7.63. The van der Waals surface area contributed by atoms with Gasteiger partial charge in [0.05, 0.1) is 12.1 Å². The van der Waals surface area contributed by atoms with E-state index in [1.54, 1.807) is 37.3 Å². The minimum atomic E-state index is -4.90. The lowest BCUT2D eigenvalue weighted by atomic mass is 10.0. The van der Waals surface area contributed by atoms with E-state index in [2.05, 4.69) is 0 Å². The van der Waals surface area contributed by atoms with Crippen molar-refractivity contribution in [2.75, 3.05) is 0 Å². The summed E-state index contributed by atoms with van der Waals surface area (Å²) < 4.78 is 36.8. The molecule has 6 heteroatoms. The topological polar surface area (TPSA) is 49.3 Å². The first-order valence-electron chi connectivity index (χ1n) is 5.91. The van der Waals surface area contributed by atoms with Gasteiger partial charge in [0, 0.05) is 0 Å². The van der Waals surface area contributed by atoms with Crippen LogP contribution in [0.3, 0.4) is 0 Å². The smallest absolute Gasteiger partial charge is 0.393 e. The van der Waals surface area contributed by atoms with E-state index in [0.717, 1.165) is 0 Å². The predicted molar refractivity (Wildman–Crippen MR) is 64.3 cm³/mol. The van der Waals surface area contributed by atoms with Crippen LogP contribution in [0, 0.1) is 0 Å². The molecule has 0 bridgehead atoms. The predicted octanol–water partition coefficient (Wildman–Crippen LogP) is 2.57. The molecule has 1 amide bonds. The summed E-state index contributed by atoms with van der Waals surface area (Å²) in [7, 11) is 0. The average molecular weight is 275 g/mol. The third-order valence-electron chi connectivity index (χ3n) is 2.64. The highest BCUT2D eigenvalue weighted by molar-refractivity contribution is 5.82. The number of nitrogens with one attached hydrogen (secondary N) is 1. The van der Waals surface area contributed by atoms with E-state index in [0.29, 0.717) is 12.0 Å². The quantitative estimate of drug-likeness (QED) is 0.867.